The third kappa shape index (κ3) is 6.37. The molecule has 194 valence electrons. The number of nitrogens with one attached hydrogen (secondary N) is 1. The number of aliphatic hydroxyl groups excluding tert-OH is 1. The van der Waals surface area contributed by atoms with Crippen molar-refractivity contribution in [3.8, 4) is 0 Å². The van der Waals surface area contributed by atoms with Crippen molar-refractivity contribution >= 4 is 17.7 Å². The number of nitrogens with zero attached hydrogens (tertiary/aromatic N) is 2. The smallest absolute Gasteiger partial charge is 0.412 e. The van der Waals surface area contributed by atoms with Crippen molar-refractivity contribution in [2.45, 2.75) is 63.5 Å². The van der Waals surface area contributed by atoms with Gasteiger partial charge in [0.05, 0.1) is 18.3 Å². The molecule has 0 radical (unpaired) electrons. The maximum atomic E-state index is 13.7. The molecule has 7 nitrogen and oxygen atoms in total. The van der Waals surface area contributed by atoms with E-state index in [0.717, 1.165) is 30.4 Å². The Hall–Kier alpha value is -3.68. The molecule has 3 N–H and O–H groups in total. The van der Waals surface area contributed by atoms with Crippen LogP contribution >= 0.6 is 0 Å². The van der Waals surface area contributed by atoms with Crippen LogP contribution in [0.2, 0.25) is 0 Å². The fraction of sp³-hybridized carbons (Fsp3) is 0.333. The molecule has 1 heterocycles. The van der Waals surface area contributed by atoms with Crippen molar-refractivity contribution in [3.05, 3.63) is 102 Å². The predicted octanol–water partition coefficient (Wildman–Crippen LogP) is 4.66. The molecule has 0 bridgehead atoms. The van der Waals surface area contributed by atoms with Crippen LogP contribution in [0.1, 0.15) is 37.3 Å². The number of anilines is 1. The lowest BCUT2D eigenvalue weighted by molar-refractivity contribution is -0.132. The second-order valence-corrected chi connectivity index (χ2v) is 9.49. The van der Waals surface area contributed by atoms with Gasteiger partial charge in [0.15, 0.2) is 0 Å². The molecule has 1 saturated heterocycles. The molecular weight excluding hydrogens is 466 g/mol. The number of unbranched alkanes of at least 4 members (excludes halogenated alkanes) is 1. The van der Waals surface area contributed by atoms with Gasteiger partial charge in [-0.25, -0.2) is 4.79 Å². The lowest BCUT2D eigenvalue weighted by Gasteiger charge is -2.35. The number of carboxylic acid groups (broad SMARTS) is 1. The Labute approximate surface area is 218 Å². The summed E-state index contributed by atoms with van der Waals surface area (Å²) in [5.41, 5.74) is 2.33. The molecule has 0 unspecified atom stereocenters. The molecule has 4 atom stereocenters. The minimum atomic E-state index is -1.27. The minimum Gasteiger partial charge on any atom is -0.465 e. The van der Waals surface area contributed by atoms with Crippen LogP contribution < -0.4 is 10.2 Å². The quantitative estimate of drug-likeness (QED) is 0.355. The van der Waals surface area contributed by atoms with Gasteiger partial charge in [-0.15, -0.1) is 0 Å². The van der Waals surface area contributed by atoms with Crippen molar-refractivity contribution in [1.29, 1.82) is 0 Å². The Morgan fingerprint density at radius 1 is 0.946 bits per heavy atom. The van der Waals surface area contributed by atoms with Crippen molar-refractivity contribution in [2.75, 3.05) is 4.90 Å². The van der Waals surface area contributed by atoms with Crippen molar-refractivity contribution < 1.29 is 19.8 Å². The molecular formula is C30H35N3O4. The summed E-state index contributed by atoms with van der Waals surface area (Å²) in [6, 6.07) is 26.2. The van der Waals surface area contributed by atoms with Crippen LogP contribution in [0.5, 0.6) is 0 Å². The fourth-order valence-electron chi connectivity index (χ4n) is 5.03. The lowest BCUT2D eigenvalue weighted by atomic mass is 9.94. The number of carbonyl (C=O) groups excluding carboxylic acids is 1. The summed E-state index contributed by atoms with van der Waals surface area (Å²) in [5, 5.41) is 25.3. The summed E-state index contributed by atoms with van der Waals surface area (Å²) >= 11 is 0. The third-order valence-corrected chi connectivity index (χ3v) is 6.92. The molecule has 37 heavy (non-hydrogen) atoms. The van der Waals surface area contributed by atoms with Crippen molar-refractivity contribution in [2.24, 2.45) is 0 Å². The van der Waals surface area contributed by atoms with Gasteiger partial charge in [0.1, 0.15) is 6.04 Å². The number of para-hydroxylation sites is 1. The molecule has 0 spiro atoms. The second kappa shape index (κ2) is 12.5. The van der Waals surface area contributed by atoms with Gasteiger partial charge >= 0.3 is 6.09 Å². The van der Waals surface area contributed by atoms with Crippen LogP contribution in [-0.4, -0.2) is 51.5 Å². The fourth-order valence-corrected chi connectivity index (χ4v) is 5.03. The zero-order valence-electron chi connectivity index (χ0n) is 21.1. The van der Waals surface area contributed by atoms with Crippen LogP contribution in [-0.2, 0) is 17.8 Å². The molecule has 1 aliphatic heterocycles. The average molecular weight is 502 g/mol. The van der Waals surface area contributed by atoms with Crippen LogP contribution in [0.15, 0.2) is 91.0 Å². The number of aliphatic hydroxyl groups is 1. The van der Waals surface area contributed by atoms with Gasteiger partial charge in [0, 0.05) is 12.2 Å². The van der Waals surface area contributed by atoms with Crippen LogP contribution in [0.3, 0.4) is 0 Å². The molecule has 2 amide bonds. The number of hydrogen-bond donors (Lipinski definition) is 3. The molecule has 0 aromatic heterocycles. The molecule has 0 aliphatic carbocycles. The SMILES string of the molecule is CCCC[C@H]1N[C@@H]([C@H](O)[C@H](Cc2ccccc2)N(C(=O)O)c2ccccc2)C(=O)N1Cc1ccccc1. The van der Waals surface area contributed by atoms with E-state index < -0.39 is 24.3 Å². The van der Waals surface area contributed by atoms with Crippen LogP contribution in [0.25, 0.3) is 0 Å². The van der Waals surface area contributed by atoms with E-state index in [1.54, 1.807) is 29.2 Å². The molecule has 3 aromatic rings. The first-order chi connectivity index (χ1) is 18.0. The highest BCUT2D eigenvalue weighted by Gasteiger charge is 2.46. The minimum absolute atomic E-state index is 0.214. The lowest BCUT2D eigenvalue weighted by Crippen LogP contribution is -2.56. The first-order valence-electron chi connectivity index (χ1n) is 12.9. The number of rotatable bonds is 11. The van der Waals surface area contributed by atoms with E-state index >= 15 is 0 Å². The predicted molar refractivity (Wildman–Crippen MR) is 144 cm³/mol. The average Bonchev–Trinajstić information content (AvgIpc) is 3.23. The monoisotopic (exact) mass is 501 g/mol. The third-order valence-electron chi connectivity index (χ3n) is 6.92. The van der Waals surface area contributed by atoms with E-state index in [2.05, 4.69) is 12.2 Å². The summed E-state index contributed by atoms with van der Waals surface area (Å²) in [4.78, 5) is 29.3. The maximum absolute atomic E-state index is 13.7. The van der Waals surface area contributed by atoms with Gasteiger partial charge in [-0.1, -0.05) is 98.6 Å². The van der Waals surface area contributed by atoms with Gasteiger partial charge in [-0.2, -0.15) is 0 Å². The van der Waals surface area contributed by atoms with E-state index in [1.807, 2.05) is 66.7 Å². The first-order valence-corrected chi connectivity index (χ1v) is 12.9. The molecule has 7 heteroatoms. The molecule has 1 fully saturated rings. The molecule has 3 aromatic carbocycles. The van der Waals surface area contributed by atoms with Crippen LogP contribution in [0, 0.1) is 0 Å². The highest BCUT2D eigenvalue weighted by Crippen LogP contribution is 2.27. The van der Waals surface area contributed by atoms with E-state index in [-0.39, 0.29) is 18.5 Å². The van der Waals surface area contributed by atoms with E-state index in [0.29, 0.717) is 12.2 Å². The van der Waals surface area contributed by atoms with Crippen LogP contribution in [0.4, 0.5) is 10.5 Å². The molecule has 0 saturated carbocycles. The summed E-state index contributed by atoms with van der Waals surface area (Å²) in [6.45, 7) is 2.53. The normalized spacial score (nSPS) is 19.0. The Balaban J connectivity index is 1.66. The topological polar surface area (TPSA) is 93.1 Å². The van der Waals surface area contributed by atoms with Gasteiger partial charge in [0.2, 0.25) is 5.91 Å². The summed E-state index contributed by atoms with van der Waals surface area (Å²) in [7, 11) is 0. The van der Waals surface area contributed by atoms with Gasteiger partial charge < -0.3 is 15.1 Å². The second-order valence-electron chi connectivity index (χ2n) is 9.49. The Morgan fingerprint density at radius 3 is 2.08 bits per heavy atom. The number of amides is 2. The van der Waals surface area contributed by atoms with Gasteiger partial charge in [-0.05, 0) is 36.1 Å². The largest absolute Gasteiger partial charge is 0.465 e. The Kier molecular flexibility index (Phi) is 8.93. The highest BCUT2D eigenvalue weighted by molar-refractivity contribution is 5.88. The Bertz CT molecular complexity index is 1140. The number of carbonyl (C=O) groups is 2. The number of hydrogen-bond acceptors (Lipinski definition) is 4. The summed E-state index contributed by atoms with van der Waals surface area (Å²) < 4.78 is 0. The van der Waals surface area contributed by atoms with E-state index in [9.17, 15) is 19.8 Å². The van der Waals surface area contributed by atoms with E-state index in [1.165, 1.54) is 4.90 Å². The van der Waals surface area contributed by atoms with Gasteiger partial charge in [0.25, 0.3) is 0 Å². The molecule has 1 aliphatic rings. The maximum Gasteiger partial charge on any atom is 0.412 e. The summed E-state index contributed by atoms with van der Waals surface area (Å²) in [5.74, 6) is -0.214. The standard InChI is InChI=1S/C30H35N3O4/c1-2-3-19-26-31-27(29(35)32(26)21-23-15-9-5-10-16-23)28(34)25(20-22-13-7-4-8-14-22)33(30(36)37)24-17-11-6-12-18-24/h4-18,25-28,31,34H,2-3,19-21H2,1H3,(H,36,37)/t25-,26-,27-,28+/m0/s1. The Morgan fingerprint density at radius 2 is 1.51 bits per heavy atom. The van der Waals surface area contributed by atoms with Gasteiger partial charge in [-0.3, -0.25) is 15.0 Å². The van der Waals surface area contributed by atoms with Crippen molar-refractivity contribution in [1.82, 2.24) is 10.2 Å². The molecule has 4 rings (SSSR count). The summed E-state index contributed by atoms with van der Waals surface area (Å²) in [6.07, 6.45) is 0.234. The zero-order valence-corrected chi connectivity index (χ0v) is 21.1. The highest BCUT2D eigenvalue weighted by atomic mass is 16.4. The number of benzene rings is 3. The van der Waals surface area contributed by atoms with E-state index in [4.69, 9.17) is 0 Å². The van der Waals surface area contributed by atoms with Crippen molar-refractivity contribution in [3.63, 3.8) is 0 Å². The first kappa shape index (κ1) is 26.4. The zero-order chi connectivity index (χ0) is 26.2.